The molecule has 0 radical (unpaired) electrons. The molecule has 4 rings (SSSR count). The molecule has 1 aliphatic heterocycles. The quantitative estimate of drug-likeness (QED) is 0.626. The first-order valence-corrected chi connectivity index (χ1v) is 9.49. The van der Waals surface area contributed by atoms with Crippen molar-refractivity contribution in [2.75, 3.05) is 6.61 Å². The Kier molecular flexibility index (Phi) is 4.70. The second-order valence-corrected chi connectivity index (χ2v) is 7.66. The first kappa shape index (κ1) is 17.1. The molecule has 0 bridgehead atoms. The number of thioether (sulfide) groups is 1. The number of nitrogens with zero attached hydrogens (tertiary/aromatic N) is 3. The van der Waals surface area contributed by atoms with E-state index in [9.17, 15) is 4.79 Å². The zero-order valence-corrected chi connectivity index (χ0v) is 15.6. The van der Waals surface area contributed by atoms with Gasteiger partial charge in [0.25, 0.3) is 0 Å². The van der Waals surface area contributed by atoms with Crippen LogP contribution in [-0.2, 0) is 9.53 Å². The number of hydrogen-bond donors (Lipinski definition) is 0. The van der Waals surface area contributed by atoms with E-state index in [4.69, 9.17) is 16.3 Å². The van der Waals surface area contributed by atoms with E-state index in [1.807, 2.05) is 54.0 Å². The third-order valence-corrected chi connectivity index (χ3v) is 5.57. The lowest BCUT2D eigenvalue weighted by Gasteiger charge is -2.12. The molecule has 1 atom stereocenters. The average molecular weight is 386 g/mol. The van der Waals surface area contributed by atoms with E-state index < -0.39 is 0 Å². The molecular formula is C19H16ClN3O2S. The Labute approximate surface area is 160 Å². The van der Waals surface area contributed by atoms with Crippen molar-refractivity contribution in [3.63, 3.8) is 0 Å². The molecular weight excluding hydrogens is 370 g/mol. The standard InChI is InChI=1S/C19H16ClN3O2S/c1-12-3-2-4-15(11-12)23-17(13-5-7-14(20)8-6-13)21-22-19(23)26-16-9-10-25-18(16)24/h2-8,11,16H,9-10H2,1H3/t16-/m1/s1. The summed E-state index contributed by atoms with van der Waals surface area (Å²) in [6.45, 7) is 2.50. The second kappa shape index (κ2) is 7.13. The predicted molar refractivity (Wildman–Crippen MR) is 102 cm³/mol. The largest absolute Gasteiger partial charge is 0.465 e. The number of halogens is 1. The molecule has 5 nitrogen and oxygen atoms in total. The summed E-state index contributed by atoms with van der Waals surface area (Å²) in [6.07, 6.45) is 0.681. The zero-order valence-electron chi connectivity index (χ0n) is 14.1. The van der Waals surface area contributed by atoms with Crippen LogP contribution in [0.3, 0.4) is 0 Å². The number of carbonyl (C=O) groups is 1. The lowest BCUT2D eigenvalue weighted by Crippen LogP contribution is -2.11. The molecule has 0 spiro atoms. The number of benzene rings is 2. The van der Waals surface area contributed by atoms with Crippen molar-refractivity contribution >= 4 is 29.3 Å². The molecule has 0 saturated carbocycles. The van der Waals surface area contributed by atoms with Crippen molar-refractivity contribution < 1.29 is 9.53 Å². The normalized spacial score (nSPS) is 16.7. The molecule has 0 amide bonds. The lowest BCUT2D eigenvalue weighted by molar-refractivity contribution is -0.137. The van der Waals surface area contributed by atoms with Gasteiger partial charge in [0, 0.05) is 22.7 Å². The Bertz CT molecular complexity index is 956. The zero-order chi connectivity index (χ0) is 18.1. The predicted octanol–water partition coefficient (Wildman–Crippen LogP) is 4.30. The summed E-state index contributed by atoms with van der Waals surface area (Å²) >= 11 is 7.41. The molecule has 0 aliphatic carbocycles. The van der Waals surface area contributed by atoms with Gasteiger partial charge in [-0.3, -0.25) is 9.36 Å². The van der Waals surface area contributed by atoms with Crippen molar-refractivity contribution in [2.24, 2.45) is 0 Å². The molecule has 2 aromatic carbocycles. The fourth-order valence-electron chi connectivity index (χ4n) is 2.84. The molecule has 1 aromatic heterocycles. The van der Waals surface area contributed by atoms with Gasteiger partial charge < -0.3 is 4.74 Å². The Balaban J connectivity index is 1.81. The second-order valence-electron chi connectivity index (χ2n) is 6.05. The van der Waals surface area contributed by atoms with Crippen LogP contribution in [0.2, 0.25) is 5.02 Å². The highest BCUT2D eigenvalue weighted by Crippen LogP contribution is 2.33. The van der Waals surface area contributed by atoms with Crippen molar-refractivity contribution in [1.82, 2.24) is 14.8 Å². The van der Waals surface area contributed by atoms with Gasteiger partial charge in [-0.1, -0.05) is 35.5 Å². The highest BCUT2D eigenvalue weighted by atomic mass is 35.5. The Hall–Kier alpha value is -2.31. The van der Waals surface area contributed by atoms with Gasteiger partial charge in [-0.15, -0.1) is 10.2 Å². The van der Waals surface area contributed by atoms with Crippen LogP contribution in [-0.4, -0.2) is 32.6 Å². The SMILES string of the molecule is Cc1cccc(-n2c(S[C@@H]3CCOC3=O)nnc2-c2ccc(Cl)cc2)c1. The van der Waals surface area contributed by atoms with Crippen LogP contribution in [0.5, 0.6) is 0 Å². The maximum atomic E-state index is 11.9. The van der Waals surface area contributed by atoms with E-state index in [1.165, 1.54) is 11.8 Å². The van der Waals surface area contributed by atoms with Gasteiger partial charge in [0.15, 0.2) is 11.0 Å². The summed E-state index contributed by atoms with van der Waals surface area (Å²) in [5.41, 5.74) is 2.99. The monoisotopic (exact) mass is 385 g/mol. The van der Waals surface area contributed by atoms with E-state index in [0.29, 0.717) is 29.0 Å². The average Bonchev–Trinajstić information content (AvgIpc) is 3.23. The van der Waals surface area contributed by atoms with Crippen LogP contribution in [0.1, 0.15) is 12.0 Å². The first-order chi connectivity index (χ1) is 12.6. The lowest BCUT2D eigenvalue weighted by atomic mass is 10.2. The van der Waals surface area contributed by atoms with Crippen LogP contribution in [0.15, 0.2) is 53.7 Å². The Morgan fingerprint density at radius 3 is 2.69 bits per heavy atom. The third kappa shape index (κ3) is 3.34. The van der Waals surface area contributed by atoms with E-state index in [0.717, 1.165) is 16.8 Å². The Morgan fingerprint density at radius 1 is 1.19 bits per heavy atom. The van der Waals surface area contributed by atoms with Gasteiger partial charge in [-0.2, -0.15) is 0 Å². The van der Waals surface area contributed by atoms with Crippen LogP contribution >= 0.6 is 23.4 Å². The van der Waals surface area contributed by atoms with Gasteiger partial charge in [0.2, 0.25) is 0 Å². The maximum Gasteiger partial charge on any atom is 0.319 e. The van der Waals surface area contributed by atoms with Gasteiger partial charge in [-0.05, 0) is 48.9 Å². The highest BCUT2D eigenvalue weighted by Gasteiger charge is 2.30. The minimum absolute atomic E-state index is 0.193. The van der Waals surface area contributed by atoms with E-state index >= 15 is 0 Å². The molecule has 1 saturated heterocycles. The van der Waals surface area contributed by atoms with E-state index in [2.05, 4.69) is 16.3 Å². The number of rotatable bonds is 4. The van der Waals surface area contributed by atoms with Crippen molar-refractivity contribution in [2.45, 2.75) is 23.8 Å². The number of ether oxygens (including phenoxy) is 1. The maximum absolute atomic E-state index is 11.9. The molecule has 1 aliphatic rings. The molecule has 1 fully saturated rings. The van der Waals surface area contributed by atoms with Crippen molar-refractivity contribution in [1.29, 1.82) is 0 Å². The first-order valence-electron chi connectivity index (χ1n) is 8.23. The fourth-order valence-corrected chi connectivity index (χ4v) is 3.99. The summed E-state index contributed by atoms with van der Waals surface area (Å²) in [5, 5.41) is 9.83. The van der Waals surface area contributed by atoms with Crippen LogP contribution in [0.25, 0.3) is 17.1 Å². The summed E-state index contributed by atoms with van der Waals surface area (Å²) < 4.78 is 7.05. The molecule has 3 aromatic rings. The number of aromatic nitrogens is 3. The van der Waals surface area contributed by atoms with Crippen LogP contribution in [0, 0.1) is 6.92 Å². The van der Waals surface area contributed by atoms with E-state index in [-0.39, 0.29) is 11.2 Å². The molecule has 2 heterocycles. The third-order valence-electron chi connectivity index (χ3n) is 4.13. The van der Waals surface area contributed by atoms with Crippen LogP contribution < -0.4 is 0 Å². The van der Waals surface area contributed by atoms with Crippen LogP contribution in [0.4, 0.5) is 0 Å². The number of aryl methyl sites for hydroxylation is 1. The number of cyclic esters (lactones) is 1. The van der Waals surface area contributed by atoms with Gasteiger partial charge in [0.1, 0.15) is 5.25 Å². The molecule has 7 heteroatoms. The van der Waals surface area contributed by atoms with Gasteiger partial charge in [0.05, 0.1) is 6.61 Å². The number of esters is 1. The minimum Gasteiger partial charge on any atom is -0.465 e. The van der Waals surface area contributed by atoms with Crippen molar-refractivity contribution in [3.05, 3.63) is 59.1 Å². The molecule has 132 valence electrons. The summed E-state index contributed by atoms with van der Waals surface area (Å²) in [4.78, 5) is 11.9. The highest BCUT2D eigenvalue weighted by molar-refractivity contribution is 8.00. The smallest absolute Gasteiger partial charge is 0.319 e. The number of carbonyl (C=O) groups excluding carboxylic acids is 1. The summed E-state index contributed by atoms with van der Waals surface area (Å²) in [7, 11) is 0. The number of hydrogen-bond acceptors (Lipinski definition) is 5. The molecule has 26 heavy (non-hydrogen) atoms. The fraction of sp³-hybridized carbons (Fsp3) is 0.211. The van der Waals surface area contributed by atoms with E-state index in [1.54, 1.807) is 0 Å². The summed E-state index contributed by atoms with van der Waals surface area (Å²) in [5.74, 6) is 0.517. The minimum atomic E-state index is -0.249. The Morgan fingerprint density at radius 2 is 2.00 bits per heavy atom. The summed E-state index contributed by atoms with van der Waals surface area (Å²) in [6, 6.07) is 15.6. The van der Waals surface area contributed by atoms with Gasteiger partial charge >= 0.3 is 5.97 Å². The molecule has 0 N–H and O–H groups in total. The topological polar surface area (TPSA) is 57.0 Å². The van der Waals surface area contributed by atoms with Gasteiger partial charge in [-0.25, -0.2) is 0 Å². The molecule has 0 unspecified atom stereocenters. The van der Waals surface area contributed by atoms with Crippen molar-refractivity contribution in [3.8, 4) is 17.1 Å².